The minimum atomic E-state index is -0.177. The first-order valence-corrected chi connectivity index (χ1v) is 5.97. The topological polar surface area (TPSA) is 75.4 Å². The summed E-state index contributed by atoms with van der Waals surface area (Å²) < 4.78 is 4.85. The molecule has 1 amide bonds. The van der Waals surface area contributed by atoms with Crippen LogP contribution in [0.4, 0.5) is 0 Å². The quantitative estimate of drug-likeness (QED) is 0.828. The maximum absolute atomic E-state index is 11.8. The Morgan fingerprint density at radius 3 is 2.82 bits per heavy atom. The summed E-state index contributed by atoms with van der Waals surface area (Å²) in [6.45, 7) is 2.36. The number of nitrogens with one attached hydrogen (secondary N) is 1. The lowest BCUT2D eigenvalue weighted by Gasteiger charge is -2.26. The highest BCUT2D eigenvalue weighted by molar-refractivity contribution is 5.94. The predicted octanol–water partition coefficient (Wildman–Crippen LogP) is 1.27. The molecule has 0 unspecified atom stereocenters. The summed E-state index contributed by atoms with van der Waals surface area (Å²) in [5.41, 5.74) is 0.344. The Labute approximate surface area is 100 Å². The van der Waals surface area contributed by atoms with Crippen molar-refractivity contribution < 1.29 is 14.4 Å². The average molecular weight is 238 g/mol. The Hall–Kier alpha value is -1.36. The van der Waals surface area contributed by atoms with Gasteiger partial charge in [0.2, 0.25) is 0 Å². The van der Waals surface area contributed by atoms with Crippen LogP contribution in [0, 0.1) is 12.3 Å². The Kier molecular flexibility index (Phi) is 3.47. The summed E-state index contributed by atoms with van der Waals surface area (Å²) in [5, 5.41) is 15.9. The summed E-state index contributed by atoms with van der Waals surface area (Å²) in [6.07, 6.45) is 5.63. The molecule has 17 heavy (non-hydrogen) atoms. The number of amides is 1. The molecule has 5 nitrogen and oxygen atoms in total. The molecule has 1 saturated carbocycles. The first-order chi connectivity index (χ1) is 8.17. The van der Waals surface area contributed by atoms with Gasteiger partial charge in [0, 0.05) is 12.0 Å². The minimum absolute atomic E-state index is 0.124. The van der Waals surface area contributed by atoms with E-state index in [1.807, 2.05) is 0 Å². The summed E-state index contributed by atoms with van der Waals surface area (Å²) in [7, 11) is 0. The molecule has 0 bridgehead atoms. The third-order valence-electron chi connectivity index (χ3n) is 3.62. The highest BCUT2D eigenvalue weighted by Crippen LogP contribution is 2.36. The molecule has 1 heterocycles. The molecule has 1 aliphatic rings. The zero-order valence-corrected chi connectivity index (χ0v) is 10.0. The van der Waals surface area contributed by atoms with Crippen molar-refractivity contribution in [3.05, 3.63) is 17.5 Å². The predicted molar refractivity (Wildman–Crippen MR) is 61.6 cm³/mol. The third kappa shape index (κ3) is 2.49. The molecule has 0 aliphatic heterocycles. The van der Waals surface area contributed by atoms with E-state index in [0.29, 0.717) is 17.9 Å². The van der Waals surface area contributed by atoms with E-state index >= 15 is 0 Å². The standard InChI is InChI=1S/C12H18N2O3/c1-9-10(6-14-17-9)11(16)13-7-12(8-15)4-2-3-5-12/h6,15H,2-5,7-8H2,1H3,(H,13,16). The number of aromatic nitrogens is 1. The van der Waals surface area contributed by atoms with Gasteiger partial charge in [-0.25, -0.2) is 0 Å². The van der Waals surface area contributed by atoms with E-state index in [1.165, 1.54) is 6.20 Å². The largest absolute Gasteiger partial charge is 0.396 e. The van der Waals surface area contributed by atoms with Crippen molar-refractivity contribution in [2.75, 3.05) is 13.2 Å². The molecular formula is C12H18N2O3. The molecule has 1 aliphatic carbocycles. The van der Waals surface area contributed by atoms with Gasteiger partial charge in [0.1, 0.15) is 11.3 Å². The van der Waals surface area contributed by atoms with Crippen LogP contribution in [0.5, 0.6) is 0 Å². The molecular weight excluding hydrogens is 220 g/mol. The smallest absolute Gasteiger partial charge is 0.256 e. The number of carbonyl (C=O) groups excluding carboxylic acids is 1. The van der Waals surface area contributed by atoms with Crippen LogP contribution in [0.3, 0.4) is 0 Å². The summed E-state index contributed by atoms with van der Waals surface area (Å²) in [4.78, 5) is 11.8. The third-order valence-corrected chi connectivity index (χ3v) is 3.62. The molecule has 0 saturated heterocycles. The number of hydrogen-bond acceptors (Lipinski definition) is 4. The van der Waals surface area contributed by atoms with Gasteiger partial charge in [-0.1, -0.05) is 18.0 Å². The molecule has 5 heteroatoms. The second kappa shape index (κ2) is 4.87. The molecule has 1 aromatic rings. The van der Waals surface area contributed by atoms with Gasteiger partial charge in [-0.05, 0) is 19.8 Å². The molecule has 1 fully saturated rings. The van der Waals surface area contributed by atoms with Crippen molar-refractivity contribution in [1.82, 2.24) is 10.5 Å². The van der Waals surface area contributed by atoms with Crippen molar-refractivity contribution in [2.45, 2.75) is 32.6 Å². The number of hydrogen-bond donors (Lipinski definition) is 2. The Morgan fingerprint density at radius 1 is 1.59 bits per heavy atom. The van der Waals surface area contributed by atoms with Crippen LogP contribution in [-0.4, -0.2) is 29.3 Å². The first kappa shape index (κ1) is 12.1. The van der Waals surface area contributed by atoms with Crippen molar-refractivity contribution in [3.63, 3.8) is 0 Å². The van der Waals surface area contributed by atoms with Gasteiger partial charge >= 0.3 is 0 Å². The molecule has 0 aromatic carbocycles. The van der Waals surface area contributed by atoms with Gasteiger partial charge in [-0.2, -0.15) is 0 Å². The number of aryl methyl sites for hydroxylation is 1. The normalized spacial score (nSPS) is 18.2. The zero-order valence-electron chi connectivity index (χ0n) is 10.0. The second-order valence-electron chi connectivity index (χ2n) is 4.84. The van der Waals surface area contributed by atoms with Gasteiger partial charge < -0.3 is 14.9 Å². The second-order valence-corrected chi connectivity index (χ2v) is 4.84. The average Bonchev–Trinajstić information content (AvgIpc) is 2.95. The van der Waals surface area contributed by atoms with Crippen LogP contribution in [-0.2, 0) is 0 Å². The van der Waals surface area contributed by atoms with Crippen LogP contribution in [0.2, 0.25) is 0 Å². The number of carbonyl (C=O) groups is 1. The number of rotatable bonds is 4. The fourth-order valence-electron chi connectivity index (χ4n) is 2.40. The lowest BCUT2D eigenvalue weighted by molar-refractivity contribution is 0.0879. The summed E-state index contributed by atoms with van der Waals surface area (Å²) in [6, 6.07) is 0. The minimum Gasteiger partial charge on any atom is -0.396 e. The Balaban J connectivity index is 1.94. The van der Waals surface area contributed by atoms with E-state index in [2.05, 4.69) is 10.5 Å². The van der Waals surface area contributed by atoms with Gasteiger partial charge in [-0.15, -0.1) is 0 Å². The molecule has 2 N–H and O–H groups in total. The van der Waals surface area contributed by atoms with Gasteiger partial charge in [0.15, 0.2) is 0 Å². The fourth-order valence-corrected chi connectivity index (χ4v) is 2.40. The van der Waals surface area contributed by atoms with E-state index in [1.54, 1.807) is 6.92 Å². The lowest BCUT2D eigenvalue weighted by atomic mass is 9.87. The van der Waals surface area contributed by atoms with E-state index in [4.69, 9.17) is 4.52 Å². The molecule has 1 aromatic heterocycles. The van der Waals surface area contributed by atoms with Crippen molar-refractivity contribution >= 4 is 5.91 Å². The van der Waals surface area contributed by atoms with Crippen LogP contribution >= 0.6 is 0 Å². The zero-order chi connectivity index (χ0) is 12.3. The van der Waals surface area contributed by atoms with E-state index in [9.17, 15) is 9.90 Å². The molecule has 2 rings (SSSR count). The highest BCUT2D eigenvalue weighted by Gasteiger charge is 2.33. The SMILES string of the molecule is Cc1oncc1C(=O)NCC1(CO)CCCC1. The maximum Gasteiger partial charge on any atom is 0.256 e. The van der Waals surface area contributed by atoms with Gasteiger partial charge in [0.25, 0.3) is 5.91 Å². The van der Waals surface area contributed by atoms with Crippen molar-refractivity contribution in [1.29, 1.82) is 0 Å². The maximum atomic E-state index is 11.8. The van der Waals surface area contributed by atoms with Gasteiger partial charge in [-0.3, -0.25) is 4.79 Å². The van der Waals surface area contributed by atoms with E-state index < -0.39 is 0 Å². The van der Waals surface area contributed by atoms with Crippen molar-refractivity contribution in [3.8, 4) is 0 Å². The summed E-state index contributed by atoms with van der Waals surface area (Å²) in [5.74, 6) is 0.343. The Bertz CT molecular complexity index is 394. The molecule has 0 radical (unpaired) electrons. The van der Waals surface area contributed by atoms with Crippen LogP contribution < -0.4 is 5.32 Å². The van der Waals surface area contributed by atoms with Crippen LogP contribution in [0.1, 0.15) is 41.8 Å². The van der Waals surface area contributed by atoms with Crippen LogP contribution in [0.25, 0.3) is 0 Å². The first-order valence-electron chi connectivity index (χ1n) is 5.97. The van der Waals surface area contributed by atoms with E-state index in [-0.39, 0.29) is 17.9 Å². The van der Waals surface area contributed by atoms with Crippen molar-refractivity contribution in [2.24, 2.45) is 5.41 Å². The van der Waals surface area contributed by atoms with Gasteiger partial charge in [0.05, 0.1) is 12.8 Å². The molecule has 0 atom stereocenters. The Morgan fingerprint density at radius 2 is 2.29 bits per heavy atom. The van der Waals surface area contributed by atoms with Crippen LogP contribution in [0.15, 0.2) is 10.7 Å². The highest BCUT2D eigenvalue weighted by atomic mass is 16.5. The fraction of sp³-hybridized carbons (Fsp3) is 0.667. The monoisotopic (exact) mass is 238 g/mol. The molecule has 94 valence electrons. The summed E-state index contributed by atoms with van der Waals surface area (Å²) >= 11 is 0. The number of aliphatic hydroxyl groups excluding tert-OH is 1. The number of aliphatic hydroxyl groups is 1. The lowest BCUT2D eigenvalue weighted by Crippen LogP contribution is -2.38. The molecule has 0 spiro atoms. The number of nitrogens with zero attached hydrogens (tertiary/aromatic N) is 1. The van der Waals surface area contributed by atoms with E-state index in [0.717, 1.165) is 25.7 Å².